The van der Waals surface area contributed by atoms with Crippen molar-refractivity contribution >= 4 is 34.2 Å². The second-order valence-corrected chi connectivity index (χ2v) is 5.02. The molecule has 4 N–H and O–H groups in total. The molecule has 1 aromatic rings. The van der Waals surface area contributed by atoms with Crippen LogP contribution in [0.3, 0.4) is 0 Å². The summed E-state index contributed by atoms with van der Waals surface area (Å²) >= 11 is 1.14. The fourth-order valence-electron chi connectivity index (χ4n) is 1.77. The summed E-state index contributed by atoms with van der Waals surface area (Å²) in [7, 11) is 0. The molecule has 2 heterocycles. The molecule has 1 atom stereocenters. The zero-order chi connectivity index (χ0) is 13.8. The van der Waals surface area contributed by atoms with E-state index in [-0.39, 0.29) is 17.5 Å². The summed E-state index contributed by atoms with van der Waals surface area (Å²) in [5.74, 6) is -1.10. The van der Waals surface area contributed by atoms with Gasteiger partial charge < -0.3 is 15.7 Å². The smallest absolute Gasteiger partial charge is 0.338 e. The maximum atomic E-state index is 11.6. The van der Waals surface area contributed by atoms with Gasteiger partial charge in [0.25, 0.3) is 0 Å². The van der Waals surface area contributed by atoms with E-state index in [2.05, 4.69) is 16.0 Å². The number of carboxylic acids is 1. The summed E-state index contributed by atoms with van der Waals surface area (Å²) < 4.78 is 0. The van der Waals surface area contributed by atoms with Crippen molar-refractivity contribution in [2.24, 2.45) is 0 Å². The van der Waals surface area contributed by atoms with Gasteiger partial charge in [0.2, 0.25) is 5.91 Å². The molecule has 0 saturated carbocycles. The molecular formula is C11H13N3O4S. The molecule has 19 heavy (non-hydrogen) atoms. The van der Waals surface area contributed by atoms with E-state index in [0.29, 0.717) is 24.4 Å². The van der Waals surface area contributed by atoms with Crippen molar-refractivity contribution in [2.75, 3.05) is 11.9 Å². The van der Waals surface area contributed by atoms with Gasteiger partial charge in [0.1, 0.15) is 5.00 Å². The maximum absolute atomic E-state index is 11.6. The molecule has 1 unspecified atom stereocenters. The monoisotopic (exact) mass is 283 g/mol. The highest BCUT2D eigenvalue weighted by atomic mass is 32.1. The Morgan fingerprint density at radius 1 is 1.53 bits per heavy atom. The minimum atomic E-state index is -1.08. The predicted molar refractivity (Wildman–Crippen MR) is 69.5 cm³/mol. The maximum Gasteiger partial charge on any atom is 0.338 e. The number of carboxylic acid groups (broad SMARTS) is 1. The Kier molecular flexibility index (Phi) is 4.00. The molecule has 2 rings (SSSR count). The highest BCUT2D eigenvalue weighted by molar-refractivity contribution is 7.14. The number of nitrogens with one attached hydrogen (secondary N) is 3. The third kappa shape index (κ3) is 3.44. The van der Waals surface area contributed by atoms with E-state index in [1.165, 1.54) is 6.07 Å². The van der Waals surface area contributed by atoms with Crippen molar-refractivity contribution in [1.29, 1.82) is 0 Å². The number of thiophene rings is 1. The quantitative estimate of drug-likeness (QED) is 0.657. The van der Waals surface area contributed by atoms with Gasteiger partial charge in [-0.25, -0.2) is 9.59 Å². The SMILES string of the molecule is O=C1CCC(CNC(=O)Nc2sccc2C(=O)O)N1. The first-order valence-corrected chi connectivity index (χ1v) is 6.59. The van der Waals surface area contributed by atoms with Gasteiger partial charge in [-0.05, 0) is 17.9 Å². The molecule has 1 aliphatic rings. The van der Waals surface area contributed by atoms with Gasteiger partial charge >= 0.3 is 12.0 Å². The minimum absolute atomic E-state index is 0.0152. The number of rotatable bonds is 4. The zero-order valence-electron chi connectivity index (χ0n) is 9.93. The molecule has 0 radical (unpaired) electrons. The van der Waals surface area contributed by atoms with Crippen LogP contribution in [-0.2, 0) is 4.79 Å². The van der Waals surface area contributed by atoms with Crippen LogP contribution in [-0.4, -0.2) is 35.6 Å². The summed E-state index contributed by atoms with van der Waals surface area (Å²) in [6, 6.07) is 0.895. The molecule has 1 fully saturated rings. The fourth-order valence-corrected chi connectivity index (χ4v) is 2.54. The van der Waals surface area contributed by atoms with E-state index in [9.17, 15) is 14.4 Å². The van der Waals surface area contributed by atoms with Crippen molar-refractivity contribution in [3.8, 4) is 0 Å². The fraction of sp³-hybridized carbons (Fsp3) is 0.364. The molecule has 8 heteroatoms. The summed E-state index contributed by atoms with van der Waals surface area (Å²) in [5, 5.41) is 18.6. The molecule has 1 saturated heterocycles. The van der Waals surface area contributed by atoms with Gasteiger partial charge in [0.15, 0.2) is 0 Å². The van der Waals surface area contributed by atoms with Crippen LogP contribution < -0.4 is 16.0 Å². The van der Waals surface area contributed by atoms with Crippen LogP contribution >= 0.6 is 11.3 Å². The van der Waals surface area contributed by atoms with E-state index >= 15 is 0 Å². The molecule has 1 aromatic heterocycles. The highest BCUT2D eigenvalue weighted by Crippen LogP contribution is 2.22. The molecule has 102 valence electrons. The lowest BCUT2D eigenvalue weighted by atomic mass is 10.2. The number of anilines is 1. The Labute approximate surface area is 113 Å². The minimum Gasteiger partial charge on any atom is -0.478 e. The number of urea groups is 1. The van der Waals surface area contributed by atoms with E-state index in [4.69, 9.17) is 5.11 Å². The van der Waals surface area contributed by atoms with Crippen LogP contribution in [0.1, 0.15) is 23.2 Å². The van der Waals surface area contributed by atoms with Gasteiger partial charge in [-0.3, -0.25) is 10.1 Å². The third-order valence-electron chi connectivity index (χ3n) is 2.72. The van der Waals surface area contributed by atoms with Crippen LogP contribution in [0.25, 0.3) is 0 Å². The Bertz CT molecular complexity index is 514. The molecule has 7 nitrogen and oxygen atoms in total. The van der Waals surface area contributed by atoms with Crippen LogP contribution in [0, 0.1) is 0 Å². The molecular weight excluding hydrogens is 270 g/mol. The molecule has 0 aliphatic carbocycles. The Morgan fingerprint density at radius 3 is 2.95 bits per heavy atom. The van der Waals surface area contributed by atoms with Crippen molar-refractivity contribution < 1.29 is 19.5 Å². The number of amides is 3. The van der Waals surface area contributed by atoms with E-state index in [1.807, 2.05) is 0 Å². The summed E-state index contributed by atoms with van der Waals surface area (Å²) in [5.41, 5.74) is 0.0642. The molecule has 1 aliphatic heterocycles. The second-order valence-electron chi connectivity index (χ2n) is 4.11. The largest absolute Gasteiger partial charge is 0.478 e. The first-order chi connectivity index (χ1) is 9.06. The van der Waals surface area contributed by atoms with Crippen LogP contribution in [0.4, 0.5) is 9.80 Å². The normalized spacial score (nSPS) is 17.9. The van der Waals surface area contributed by atoms with Gasteiger partial charge in [0, 0.05) is 19.0 Å². The average Bonchev–Trinajstić information content (AvgIpc) is 2.95. The van der Waals surface area contributed by atoms with Crippen molar-refractivity contribution in [3.05, 3.63) is 17.0 Å². The second kappa shape index (κ2) is 5.70. The van der Waals surface area contributed by atoms with Crippen LogP contribution in [0.2, 0.25) is 0 Å². The van der Waals surface area contributed by atoms with E-state index in [1.54, 1.807) is 5.38 Å². The number of hydrogen-bond acceptors (Lipinski definition) is 4. The van der Waals surface area contributed by atoms with Crippen molar-refractivity contribution in [2.45, 2.75) is 18.9 Å². The Morgan fingerprint density at radius 2 is 2.32 bits per heavy atom. The Balaban J connectivity index is 1.82. The van der Waals surface area contributed by atoms with Crippen molar-refractivity contribution in [1.82, 2.24) is 10.6 Å². The summed E-state index contributed by atoms with van der Waals surface area (Å²) in [6.07, 6.45) is 1.17. The first kappa shape index (κ1) is 13.3. The van der Waals surface area contributed by atoms with E-state index in [0.717, 1.165) is 11.3 Å². The predicted octanol–water partition coefficient (Wildman–Crippen LogP) is 0.846. The van der Waals surface area contributed by atoms with Crippen LogP contribution in [0.15, 0.2) is 11.4 Å². The van der Waals surface area contributed by atoms with Gasteiger partial charge in [-0.1, -0.05) is 0 Å². The Hall–Kier alpha value is -2.09. The molecule has 0 aromatic carbocycles. The number of hydrogen-bond donors (Lipinski definition) is 4. The lowest BCUT2D eigenvalue weighted by molar-refractivity contribution is -0.119. The lowest BCUT2D eigenvalue weighted by Crippen LogP contribution is -2.40. The van der Waals surface area contributed by atoms with E-state index < -0.39 is 12.0 Å². The lowest BCUT2D eigenvalue weighted by Gasteiger charge is -2.11. The first-order valence-electron chi connectivity index (χ1n) is 5.71. The highest BCUT2D eigenvalue weighted by Gasteiger charge is 2.21. The molecule has 0 bridgehead atoms. The molecule has 3 amide bonds. The number of carbonyl (C=O) groups is 3. The summed E-state index contributed by atoms with van der Waals surface area (Å²) in [6.45, 7) is 0.325. The average molecular weight is 283 g/mol. The molecule has 0 spiro atoms. The number of carbonyl (C=O) groups excluding carboxylic acids is 2. The zero-order valence-corrected chi connectivity index (χ0v) is 10.8. The standard InChI is InChI=1S/C11H13N3O4S/c15-8-2-1-6(13-8)5-12-11(18)14-9-7(10(16)17)3-4-19-9/h3-4,6H,1-2,5H2,(H,13,15)(H,16,17)(H2,12,14,18). The van der Waals surface area contributed by atoms with Crippen LogP contribution in [0.5, 0.6) is 0 Å². The van der Waals surface area contributed by atoms with Crippen molar-refractivity contribution in [3.63, 3.8) is 0 Å². The number of aromatic carboxylic acids is 1. The van der Waals surface area contributed by atoms with Gasteiger partial charge in [0.05, 0.1) is 5.56 Å². The summed E-state index contributed by atoms with van der Waals surface area (Å²) in [4.78, 5) is 33.4. The van der Waals surface area contributed by atoms with Gasteiger partial charge in [-0.2, -0.15) is 0 Å². The third-order valence-corrected chi connectivity index (χ3v) is 3.55. The van der Waals surface area contributed by atoms with Gasteiger partial charge in [-0.15, -0.1) is 11.3 Å². The topological polar surface area (TPSA) is 108 Å².